The van der Waals surface area contributed by atoms with E-state index in [1.54, 1.807) is 21.9 Å². The van der Waals surface area contributed by atoms with Crippen LogP contribution in [0.15, 0.2) is 53.9 Å². The van der Waals surface area contributed by atoms with Crippen LogP contribution in [0, 0.1) is 6.92 Å². The Hall–Kier alpha value is -3.19. The number of ether oxygens (including phenoxy) is 1. The van der Waals surface area contributed by atoms with Gasteiger partial charge in [-0.25, -0.2) is 9.50 Å². The highest BCUT2D eigenvalue weighted by Crippen LogP contribution is 2.24. The summed E-state index contributed by atoms with van der Waals surface area (Å²) in [6.45, 7) is 4.45. The number of thiophene rings is 1. The Morgan fingerprint density at radius 3 is 2.74 bits per heavy atom. The smallest absolute Gasteiger partial charge is 0.274 e. The summed E-state index contributed by atoms with van der Waals surface area (Å²) in [5, 5.41) is 9.46. The van der Waals surface area contributed by atoms with Crippen LogP contribution in [0.5, 0.6) is 5.75 Å². The zero-order valence-corrected chi connectivity index (χ0v) is 15.8. The minimum atomic E-state index is -0.261. The minimum absolute atomic E-state index is 0.261. The van der Waals surface area contributed by atoms with E-state index in [4.69, 9.17) is 4.74 Å². The van der Waals surface area contributed by atoms with E-state index in [2.05, 4.69) is 15.4 Å². The number of rotatable bonds is 5. The SMILES string of the molecule is CCOc1ccc(NC(=O)c2cc(C)n3nc(-c4cccs4)cc3n2)cc1. The maximum absolute atomic E-state index is 12.6. The highest BCUT2D eigenvalue weighted by molar-refractivity contribution is 7.13. The lowest BCUT2D eigenvalue weighted by molar-refractivity contribution is 0.102. The molecule has 1 amide bonds. The van der Waals surface area contributed by atoms with Crippen LogP contribution in [0.4, 0.5) is 5.69 Å². The molecule has 27 heavy (non-hydrogen) atoms. The van der Waals surface area contributed by atoms with Crippen LogP contribution in [0.25, 0.3) is 16.2 Å². The first-order valence-electron chi connectivity index (χ1n) is 8.59. The molecule has 7 heteroatoms. The van der Waals surface area contributed by atoms with Crippen LogP contribution in [0.2, 0.25) is 0 Å². The first kappa shape index (κ1) is 17.2. The third-order valence-corrected chi connectivity index (χ3v) is 4.93. The average molecular weight is 378 g/mol. The summed E-state index contributed by atoms with van der Waals surface area (Å²) in [4.78, 5) is 18.2. The molecule has 0 unspecified atom stereocenters. The third kappa shape index (κ3) is 3.54. The van der Waals surface area contributed by atoms with Crippen LogP contribution in [-0.4, -0.2) is 27.1 Å². The summed E-state index contributed by atoms with van der Waals surface area (Å²) in [5.41, 5.74) is 3.39. The fourth-order valence-electron chi connectivity index (χ4n) is 2.78. The molecule has 0 aliphatic carbocycles. The topological polar surface area (TPSA) is 68.5 Å². The lowest BCUT2D eigenvalue weighted by Crippen LogP contribution is -2.15. The van der Waals surface area contributed by atoms with Crippen molar-refractivity contribution in [1.29, 1.82) is 0 Å². The highest BCUT2D eigenvalue weighted by Gasteiger charge is 2.14. The molecule has 4 rings (SSSR count). The molecule has 3 aromatic heterocycles. The van der Waals surface area contributed by atoms with E-state index in [-0.39, 0.29) is 5.91 Å². The highest BCUT2D eigenvalue weighted by atomic mass is 32.1. The Bertz CT molecular complexity index is 1090. The molecular formula is C20H18N4O2S. The fourth-order valence-corrected chi connectivity index (χ4v) is 3.46. The average Bonchev–Trinajstić information content (AvgIpc) is 3.33. The maximum atomic E-state index is 12.6. The van der Waals surface area contributed by atoms with Crippen LogP contribution >= 0.6 is 11.3 Å². The molecule has 0 atom stereocenters. The Balaban J connectivity index is 1.60. The van der Waals surface area contributed by atoms with E-state index in [1.165, 1.54) is 0 Å². The number of amides is 1. The second-order valence-electron chi connectivity index (χ2n) is 5.97. The van der Waals surface area contributed by atoms with Crippen molar-refractivity contribution in [1.82, 2.24) is 14.6 Å². The summed E-state index contributed by atoms with van der Waals surface area (Å²) in [7, 11) is 0. The van der Waals surface area contributed by atoms with E-state index in [9.17, 15) is 4.79 Å². The molecule has 1 aromatic carbocycles. The number of hydrogen-bond acceptors (Lipinski definition) is 5. The van der Waals surface area contributed by atoms with Crippen molar-refractivity contribution < 1.29 is 9.53 Å². The molecule has 0 spiro atoms. The first-order valence-corrected chi connectivity index (χ1v) is 9.47. The fraction of sp³-hybridized carbons (Fsp3) is 0.150. The number of hydrogen-bond donors (Lipinski definition) is 1. The zero-order chi connectivity index (χ0) is 18.8. The van der Waals surface area contributed by atoms with Crippen LogP contribution in [-0.2, 0) is 0 Å². The summed E-state index contributed by atoms with van der Waals surface area (Å²) >= 11 is 1.62. The molecule has 0 aliphatic rings. The van der Waals surface area contributed by atoms with Crippen LogP contribution in [0.1, 0.15) is 23.1 Å². The number of carbonyl (C=O) groups excluding carboxylic acids is 1. The quantitative estimate of drug-likeness (QED) is 0.558. The van der Waals surface area contributed by atoms with E-state index < -0.39 is 0 Å². The lowest BCUT2D eigenvalue weighted by Gasteiger charge is -2.08. The molecule has 136 valence electrons. The molecule has 0 fully saturated rings. The number of aromatic nitrogens is 3. The number of benzene rings is 1. The molecule has 3 heterocycles. The molecule has 0 radical (unpaired) electrons. The monoisotopic (exact) mass is 378 g/mol. The Morgan fingerprint density at radius 1 is 1.22 bits per heavy atom. The van der Waals surface area contributed by atoms with E-state index in [0.717, 1.165) is 22.0 Å². The third-order valence-electron chi connectivity index (χ3n) is 4.03. The second kappa shape index (κ2) is 7.20. The predicted octanol–water partition coefficient (Wildman–Crippen LogP) is 4.42. The van der Waals surface area contributed by atoms with Gasteiger partial charge in [-0.05, 0) is 55.6 Å². The van der Waals surface area contributed by atoms with Gasteiger partial charge >= 0.3 is 0 Å². The Labute approximate surface area is 160 Å². The largest absolute Gasteiger partial charge is 0.494 e. The summed E-state index contributed by atoms with van der Waals surface area (Å²) in [6, 6.07) is 14.9. The molecule has 0 aliphatic heterocycles. The van der Waals surface area contributed by atoms with Gasteiger partial charge < -0.3 is 10.1 Å². The van der Waals surface area contributed by atoms with Gasteiger partial charge in [0.15, 0.2) is 5.65 Å². The lowest BCUT2D eigenvalue weighted by atomic mass is 10.2. The molecule has 0 saturated carbocycles. The van der Waals surface area contributed by atoms with Gasteiger partial charge in [0.25, 0.3) is 5.91 Å². The van der Waals surface area contributed by atoms with Crippen molar-refractivity contribution in [2.75, 3.05) is 11.9 Å². The van der Waals surface area contributed by atoms with Gasteiger partial charge in [-0.2, -0.15) is 5.10 Å². The number of fused-ring (bicyclic) bond motifs is 1. The molecular weight excluding hydrogens is 360 g/mol. The number of anilines is 1. The Kier molecular flexibility index (Phi) is 4.60. The van der Waals surface area contributed by atoms with Crippen molar-refractivity contribution in [3.8, 4) is 16.3 Å². The number of aryl methyl sites for hydroxylation is 1. The molecule has 4 aromatic rings. The van der Waals surface area contributed by atoms with Crippen molar-refractivity contribution >= 4 is 28.6 Å². The van der Waals surface area contributed by atoms with Gasteiger partial charge in [-0.1, -0.05) is 6.07 Å². The molecule has 0 saturated heterocycles. The van der Waals surface area contributed by atoms with Gasteiger partial charge in [0, 0.05) is 17.4 Å². The van der Waals surface area contributed by atoms with Gasteiger partial charge in [0.2, 0.25) is 0 Å². The van der Waals surface area contributed by atoms with Crippen LogP contribution < -0.4 is 10.1 Å². The Morgan fingerprint density at radius 2 is 2.04 bits per heavy atom. The molecule has 0 bridgehead atoms. The summed E-state index contributed by atoms with van der Waals surface area (Å²) < 4.78 is 7.17. The van der Waals surface area contributed by atoms with Crippen molar-refractivity contribution in [2.45, 2.75) is 13.8 Å². The second-order valence-corrected chi connectivity index (χ2v) is 6.92. The predicted molar refractivity (Wildman–Crippen MR) is 107 cm³/mol. The number of carbonyl (C=O) groups is 1. The standard InChI is InChI=1S/C20H18N4O2S/c1-3-26-15-8-6-14(7-9-15)21-20(25)17-11-13(2)24-19(22-17)12-16(23-24)18-5-4-10-27-18/h4-12H,3H2,1-2H3,(H,21,25). The normalized spacial score (nSPS) is 10.9. The number of nitrogens with one attached hydrogen (secondary N) is 1. The van der Waals surface area contributed by atoms with Gasteiger partial charge in [-0.3, -0.25) is 4.79 Å². The van der Waals surface area contributed by atoms with Crippen molar-refractivity contribution in [3.63, 3.8) is 0 Å². The minimum Gasteiger partial charge on any atom is -0.494 e. The van der Waals surface area contributed by atoms with Gasteiger partial charge in [0.1, 0.15) is 17.1 Å². The number of nitrogens with zero attached hydrogens (tertiary/aromatic N) is 3. The van der Waals surface area contributed by atoms with E-state index >= 15 is 0 Å². The first-order chi connectivity index (χ1) is 13.1. The molecule has 6 nitrogen and oxygen atoms in total. The zero-order valence-electron chi connectivity index (χ0n) is 15.0. The van der Waals surface area contributed by atoms with Crippen molar-refractivity contribution in [2.24, 2.45) is 0 Å². The molecule has 1 N–H and O–H groups in total. The van der Waals surface area contributed by atoms with E-state index in [0.29, 0.717) is 23.6 Å². The van der Waals surface area contributed by atoms with Gasteiger partial charge in [0.05, 0.1) is 11.5 Å². The van der Waals surface area contributed by atoms with Gasteiger partial charge in [-0.15, -0.1) is 11.3 Å². The maximum Gasteiger partial charge on any atom is 0.274 e. The summed E-state index contributed by atoms with van der Waals surface area (Å²) in [5.74, 6) is 0.509. The van der Waals surface area contributed by atoms with Crippen molar-refractivity contribution in [3.05, 3.63) is 65.3 Å². The summed E-state index contributed by atoms with van der Waals surface area (Å²) in [6.07, 6.45) is 0. The van der Waals surface area contributed by atoms with Crippen LogP contribution in [0.3, 0.4) is 0 Å². The van der Waals surface area contributed by atoms with E-state index in [1.807, 2.05) is 61.7 Å².